The molecule has 0 spiro atoms. The maximum absolute atomic E-state index is 12.2. The van der Waals surface area contributed by atoms with Gasteiger partial charge < -0.3 is 14.2 Å². The first-order chi connectivity index (χ1) is 11.2. The van der Waals surface area contributed by atoms with Gasteiger partial charge in [-0.3, -0.25) is 5.32 Å². The zero-order chi connectivity index (χ0) is 16.2. The molecule has 3 rings (SSSR count). The lowest BCUT2D eigenvalue weighted by Crippen LogP contribution is -2.23. The number of ether oxygens (including phenoxy) is 3. The first kappa shape index (κ1) is 15.4. The van der Waals surface area contributed by atoms with Crippen molar-refractivity contribution in [2.24, 2.45) is 0 Å². The van der Waals surface area contributed by atoms with Crippen molar-refractivity contribution >= 4 is 5.97 Å². The Morgan fingerprint density at radius 3 is 2.57 bits per heavy atom. The van der Waals surface area contributed by atoms with Gasteiger partial charge in [-0.15, -0.1) is 0 Å². The Hall–Kier alpha value is -2.53. The van der Waals surface area contributed by atoms with E-state index in [1.54, 1.807) is 13.2 Å². The van der Waals surface area contributed by atoms with Gasteiger partial charge in [0, 0.05) is 12.1 Å². The van der Waals surface area contributed by atoms with Gasteiger partial charge in [-0.1, -0.05) is 30.3 Å². The average molecular weight is 313 g/mol. The number of hydrogen-bond donors (Lipinski definition) is 1. The lowest BCUT2D eigenvalue weighted by Gasteiger charge is -2.14. The summed E-state index contributed by atoms with van der Waals surface area (Å²) in [7, 11) is 3.06. The van der Waals surface area contributed by atoms with Crippen LogP contribution in [0, 0.1) is 0 Å². The second-order valence-corrected chi connectivity index (χ2v) is 5.24. The first-order valence-electron chi connectivity index (χ1n) is 7.47. The van der Waals surface area contributed by atoms with Gasteiger partial charge in [0.1, 0.15) is 5.56 Å². The topological polar surface area (TPSA) is 56.8 Å². The zero-order valence-electron chi connectivity index (χ0n) is 13.2. The summed E-state index contributed by atoms with van der Waals surface area (Å²) in [6.07, 6.45) is 0.401. The normalized spacial score (nSPS) is 15.9. The van der Waals surface area contributed by atoms with Gasteiger partial charge in [-0.25, -0.2) is 4.79 Å². The smallest absolute Gasteiger partial charge is 0.344 e. The van der Waals surface area contributed by atoms with E-state index in [-0.39, 0.29) is 0 Å². The van der Waals surface area contributed by atoms with E-state index in [0.717, 1.165) is 12.0 Å². The molecule has 1 aliphatic heterocycles. The van der Waals surface area contributed by atoms with Gasteiger partial charge in [0.05, 0.1) is 14.2 Å². The van der Waals surface area contributed by atoms with Gasteiger partial charge in [0.15, 0.2) is 17.7 Å². The number of methoxy groups -OCH3 is 2. The summed E-state index contributed by atoms with van der Waals surface area (Å²) in [4.78, 5) is 12.2. The number of rotatable bonds is 6. The van der Waals surface area contributed by atoms with E-state index in [0.29, 0.717) is 23.6 Å². The molecule has 1 unspecified atom stereocenters. The van der Waals surface area contributed by atoms with Gasteiger partial charge in [-0.2, -0.15) is 0 Å². The van der Waals surface area contributed by atoms with Crippen molar-refractivity contribution in [3.05, 3.63) is 59.2 Å². The molecule has 2 aromatic carbocycles. The first-order valence-corrected chi connectivity index (χ1v) is 7.47. The maximum atomic E-state index is 12.2. The summed E-state index contributed by atoms with van der Waals surface area (Å²) < 4.78 is 16.0. The highest BCUT2D eigenvalue weighted by Gasteiger charge is 2.35. The number of hydrogen-bond acceptors (Lipinski definition) is 5. The summed E-state index contributed by atoms with van der Waals surface area (Å²) in [5.41, 5.74) is 2.45. The molecule has 1 N–H and O–H groups in total. The lowest BCUT2D eigenvalue weighted by molar-refractivity contribution is 0.0309. The Balaban J connectivity index is 1.74. The number of esters is 1. The van der Waals surface area contributed by atoms with Crippen LogP contribution in [0.4, 0.5) is 0 Å². The van der Waals surface area contributed by atoms with Gasteiger partial charge in [0.25, 0.3) is 0 Å². The van der Waals surface area contributed by atoms with Crippen LogP contribution in [0.25, 0.3) is 0 Å². The lowest BCUT2D eigenvalue weighted by atomic mass is 10.1. The van der Waals surface area contributed by atoms with Crippen molar-refractivity contribution < 1.29 is 19.0 Å². The SMILES string of the molecule is COc1ccc2c(c1OC)C(=O)OC2NCCc1ccccc1. The summed E-state index contributed by atoms with van der Waals surface area (Å²) in [5.74, 6) is 0.545. The van der Waals surface area contributed by atoms with Crippen LogP contribution in [-0.2, 0) is 11.2 Å². The van der Waals surface area contributed by atoms with E-state index in [4.69, 9.17) is 14.2 Å². The molecule has 5 heteroatoms. The van der Waals surface area contributed by atoms with Crippen LogP contribution < -0.4 is 14.8 Å². The molecule has 0 saturated heterocycles. The number of cyclic esters (lactones) is 1. The monoisotopic (exact) mass is 313 g/mol. The van der Waals surface area contributed by atoms with Crippen molar-refractivity contribution in [2.75, 3.05) is 20.8 Å². The molecule has 0 saturated carbocycles. The fourth-order valence-electron chi connectivity index (χ4n) is 2.74. The van der Waals surface area contributed by atoms with E-state index in [1.807, 2.05) is 24.3 Å². The molecule has 0 bridgehead atoms. The van der Waals surface area contributed by atoms with E-state index in [1.165, 1.54) is 12.7 Å². The van der Waals surface area contributed by atoms with Crippen molar-refractivity contribution in [3.63, 3.8) is 0 Å². The maximum Gasteiger partial charge on any atom is 0.344 e. The fourth-order valence-corrected chi connectivity index (χ4v) is 2.74. The van der Waals surface area contributed by atoms with E-state index in [2.05, 4.69) is 17.4 Å². The molecule has 0 aromatic heterocycles. The molecule has 5 nitrogen and oxygen atoms in total. The number of benzene rings is 2. The average Bonchev–Trinajstić information content (AvgIpc) is 2.91. The van der Waals surface area contributed by atoms with Crippen LogP contribution in [0.3, 0.4) is 0 Å². The third kappa shape index (κ3) is 3.00. The van der Waals surface area contributed by atoms with Crippen LogP contribution in [-0.4, -0.2) is 26.7 Å². The Morgan fingerprint density at radius 2 is 1.87 bits per heavy atom. The number of nitrogens with one attached hydrogen (secondary N) is 1. The molecular formula is C18H19NO4. The highest BCUT2D eigenvalue weighted by molar-refractivity contribution is 5.98. The quantitative estimate of drug-likeness (QED) is 0.831. The molecular weight excluding hydrogens is 294 g/mol. The molecule has 1 aliphatic rings. The molecule has 1 atom stereocenters. The van der Waals surface area contributed by atoms with Crippen LogP contribution in [0.1, 0.15) is 27.7 Å². The molecule has 0 aliphatic carbocycles. The Bertz CT molecular complexity index is 700. The predicted octanol–water partition coefficient (Wildman–Crippen LogP) is 2.71. The predicted molar refractivity (Wildman–Crippen MR) is 85.9 cm³/mol. The highest BCUT2D eigenvalue weighted by atomic mass is 16.6. The summed E-state index contributed by atoms with van der Waals surface area (Å²) in [6.45, 7) is 0.704. The Labute approximate surface area is 135 Å². The fraction of sp³-hybridized carbons (Fsp3) is 0.278. The minimum Gasteiger partial charge on any atom is -0.493 e. The standard InChI is InChI=1S/C18H19NO4/c1-21-14-9-8-13-15(16(14)22-2)18(20)23-17(13)19-11-10-12-6-4-3-5-7-12/h3-9,17,19H,10-11H2,1-2H3. The number of carbonyl (C=O) groups is 1. The van der Waals surface area contributed by atoms with Gasteiger partial charge in [0.2, 0.25) is 0 Å². The van der Waals surface area contributed by atoms with Gasteiger partial charge in [-0.05, 0) is 24.1 Å². The summed E-state index contributed by atoms with van der Waals surface area (Å²) >= 11 is 0. The molecule has 0 amide bonds. The molecule has 1 heterocycles. The molecule has 120 valence electrons. The third-order valence-corrected chi connectivity index (χ3v) is 3.88. The van der Waals surface area contributed by atoms with Crippen molar-refractivity contribution in [1.29, 1.82) is 0 Å². The largest absolute Gasteiger partial charge is 0.493 e. The minimum atomic E-state index is -0.457. The van der Waals surface area contributed by atoms with Crippen LogP contribution in [0.15, 0.2) is 42.5 Å². The summed E-state index contributed by atoms with van der Waals surface area (Å²) in [5, 5.41) is 3.27. The highest BCUT2D eigenvalue weighted by Crippen LogP contribution is 2.40. The molecule has 0 fully saturated rings. The van der Waals surface area contributed by atoms with Crippen LogP contribution in [0.2, 0.25) is 0 Å². The van der Waals surface area contributed by atoms with E-state index < -0.39 is 12.2 Å². The van der Waals surface area contributed by atoms with Crippen molar-refractivity contribution in [1.82, 2.24) is 5.32 Å². The van der Waals surface area contributed by atoms with Crippen molar-refractivity contribution in [2.45, 2.75) is 12.6 Å². The van der Waals surface area contributed by atoms with E-state index in [9.17, 15) is 4.79 Å². The Kier molecular flexibility index (Phi) is 4.48. The molecule has 0 radical (unpaired) electrons. The number of fused-ring (bicyclic) bond motifs is 1. The third-order valence-electron chi connectivity index (χ3n) is 3.88. The van der Waals surface area contributed by atoms with E-state index >= 15 is 0 Å². The molecule has 23 heavy (non-hydrogen) atoms. The Morgan fingerprint density at radius 1 is 1.09 bits per heavy atom. The zero-order valence-corrected chi connectivity index (χ0v) is 13.2. The second kappa shape index (κ2) is 6.71. The van der Waals surface area contributed by atoms with Gasteiger partial charge >= 0.3 is 5.97 Å². The number of carbonyl (C=O) groups excluding carboxylic acids is 1. The minimum absolute atomic E-state index is 0.395. The second-order valence-electron chi connectivity index (χ2n) is 5.24. The van der Waals surface area contributed by atoms with Crippen LogP contribution >= 0.6 is 0 Å². The van der Waals surface area contributed by atoms with Crippen LogP contribution in [0.5, 0.6) is 11.5 Å². The summed E-state index contributed by atoms with van der Waals surface area (Å²) in [6, 6.07) is 13.8. The molecule has 2 aromatic rings. The van der Waals surface area contributed by atoms with Crippen molar-refractivity contribution in [3.8, 4) is 11.5 Å².